The predicted octanol–water partition coefficient (Wildman–Crippen LogP) is 14.2. The van der Waals surface area contributed by atoms with E-state index in [2.05, 4.69) is 215 Å². The number of hydrogen-bond acceptors (Lipinski definition) is 1. The van der Waals surface area contributed by atoms with Gasteiger partial charge in [-0.2, -0.15) is 0 Å². The third-order valence-electron chi connectivity index (χ3n) is 13.7. The summed E-state index contributed by atoms with van der Waals surface area (Å²) in [6.45, 7) is 9.55. The summed E-state index contributed by atoms with van der Waals surface area (Å²) in [5, 5.41) is 0. The number of fused-ring (bicyclic) bond motifs is 9. The minimum atomic E-state index is -0.348. The lowest BCUT2D eigenvalue weighted by Crippen LogP contribution is -2.35. The zero-order valence-electron chi connectivity index (χ0n) is 32.6. The molecule has 2 atom stereocenters. The number of allylic oxidation sites excluding steroid dienone is 4. The Labute approximate surface area is 331 Å². The van der Waals surface area contributed by atoms with E-state index < -0.39 is 0 Å². The van der Waals surface area contributed by atoms with E-state index in [1.165, 1.54) is 89.4 Å². The zero-order chi connectivity index (χ0) is 37.8. The molecule has 0 saturated carbocycles. The van der Waals surface area contributed by atoms with Crippen molar-refractivity contribution in [3.8, 4) is 33.4 Å². The van der Waals surface area contributed by atoms with Crippen molar-refractivity contribution in [2.75, 3.05) is 4.90 Å². The van der Waals surface area contributed by atoms with Crippen LogP contribution in [-0.2, 0) is 16.2 Å². The van der Waals surface area contributed by atoms with Crippen molar-refractivity contribution >= 4 is 17.1 Å². The van der Waals surface area contributed by atoms with Crippen LogP contribution in [0.15, 0.2) is 182 Å². The standard InChI is InChI=1S/C55H45N/c1-53(2)45-25-14-11-22-40(45)42-32-30-38(34-49(42)53)56(39-31-33-43-41-23-12-15-26-46(41)54(3,4)50(43)35-39)51-29-17-28-48-52(51)44-24-13-16-27-47(44)55(48,36-18-7-5-8-19-36)37-20-9-6-10-21-37/h5-20,22-35,37H,21H2,1-4H3. The summed E-state index contributed by atoms with van der Waals surface area (Å²) < 4.78 is 0. The molecule has 0 amide bonds. The first-order valence-corrected chi connectivity index (χ1v) is 20.2. The molecule has 7 aromatic rings. The third-order valence-corrected chi connectivity index (χ3v) is 13.7. The average Bonchev–Trinajstić information content (AvgIpc) is 3.77. The van der Waals surface area contributed by atoms with Gasteiger partial charge in [0.1, 0.15) is 0 Å². The lowest BCUT2D eigenvalue weighted by Gasteiger charge is -2.40. The highest BCUT2D eigenvalue weighted by molar-refractivity contribution is 5.98. The second kappa shape index (κ2) is 11.9. The van der Waals surface area contributed by atoms with Gasteiger partial charge in [-0.15, -0.1) is 0 Å². The van der Waals surface area contributed by atoms with E-state index in [4.69, 9.17) is 0 Å². The molecule has 2 unspecified atom stereocenters. The summed E-state index contributed by atoms with van der Waals surface area (Å²) in [4.78, 5) is 2.58. The number of nitrogens with zero attached hydrogens (tertiary/aromatic N) is 1. The van der Waals surface area contributed by atoms with Gasteiger partial charge in [0.15, 0.2) is 0 Å². The topological polar surface area (TPSA) is 3.24 Å². The molecule has 0 bridgehead atoms. The highest BCUT2D eigenvalue weighted by Gasteiger charge is 2.50. The number of anilines is 3. The van der Waals surface area contributed by atoms with Gasteiger partial charge in [-0.3, -0.25) is 0 Å². The Bertz CT molecular complexity index is 2690. The summed E-state index contributed by atoms with van der Waals surface area (Å²) in [7, 11) is 0. The summed E-state index contributed by atoms with van der Waals surface area (Å²) in [6.07, 6.45) is 10.2. The fraction of sp³-hybridized carbons (Fsp3) is 0.164. The first-order valence-electron chi connectivity index (χ1n) is 20.2. The Hall–Kier alpha value is -6.18. The zero-order valence-corrected chi connectivity index (χ0v) is 32.6. The van der Waals surface area contributed by atoms with Crippen LogP contribution < -0.4 is 4.90 Å². The largest absolute Gasteiger partial charge is 0.310 e. The molecule has 0 heterocycles. The van der Waals surface area contributed by atoms with Crippen molar-refractivity contribution < 1.29 is 0 Å². The fourth-order valence-corrected chi connectivity index (χ4v) is 11.1. The second-order valence-electron chi connectivity index (χ2n) is 17.2. The summed E-state index contributed by atoms with van der Waals surface area (Å²) >= 11 is 0. The van der Waals surface area contributed by atoms with E-state index in [1.54, 1.807) is 0 Å². The maximum Gasteiger partial charge on any atom is 0.0543 e. The van der Waals surface area contributed by atoms with E-state index in [0.717, 1.165) is 6.42 Å². The lowest BCUT2D eigenvalue weighted by atomic mass is 9.62. The minimum absolute atomic E-state index is 0.121. The maximum absolute atomic E-state index is 2.58. The highest BCUT2D eigenvalue weighted by Crippen LogP contribution is 2.62. The molecule has 7 aromatic carbocycles. The van der Waals surface area contributed by atoms with Crippen LogP contribution in [0, 0.1) is 5.92 Å². The molecule has 4 aliphatic rings. The molecule has 11 rings (SSSR count). The molecule has 0 aliphatic heterocycles. The van der Waals surface area contributed by atoms with E-state index in [0.29, 0.717) is 0 Å². The summed E-state index contributed by atoms with van der Waals surface area (Å²) in [5.74, 6) is 0.264. The number of benzene rings is 7. The Morgan fingerprint density at radius 2 is 0.964 bits per heavy atom. The average molecular weight is 720 g/mol. The predicted molar refractivity (Wildman–Crippen MR) is 234 cm³/mol. The van der Waals surface area contributed by atoms with Crippen LogP contribution in [0.4, 0.5) is 17.1 Å². The van der Waals surface area contributed by atoms with E-state index >= 15 is 0 Å². The van der Waals surface area contributed by atoms with Crippen molar-refractivity contribution in [1.29, 1.82) is 0 Å². The Balaban J connectivity index is 1.20. The normalized spacial score (nSPS) is 19.8. The Kier molecular flexibility index (Phi) is 7.06. The summed E-state index contributed by atoms with van der Waals surface area (Å²) in [5.41, 5.74) is 20.6. The molecular weight excluding hydrogens is 675 g/mol. The molecule has 56 heavy (non-hydrogen) atoms. The third kappa shape index (κ3) is 4.37. The van der Waals surface area contributed by atoms with E-state index in [-0.39, 0.29) is 22.2 Å². The van der Waals surface area contributed by atoms with Crippen LogP contribution in [0.1, 0.15) is 73.1 Å². The smallest absolute Gasteiger partial charge is 0.0543 e. The van der Waals surface area contributed by atoms with Crippen LogP contribution in [0.5, 0.6) is 0 Å². The van der Waals surface area contributed by atoms with Gasteiger partial charge in [0.2, 0.25) is 0 Å². The quantitative estimate of drug-likeness (QED) is 0.171. The van der Waals surface area contributed by atoms with Gasteiger partial charge in [0.25, 0.3) is 0 Å². The molecule has 0 radical (unpaired) electrons. The van der Waals surface area contributed by atoms with Crippen molar-refractivity contribution in [1.82, 2.24) is 0 Å². The van der Waals surface area contributed by atoms with Crippen molar-refractivity contribution in [2.24, 2.45) is 5.92 Å². The molecule has 0 saturated heterocycles. The van der Waals surface area contributed by atoms with Crippen LogP contribution in [-0.4, -0.2) is 0 Å². The van der Waals surface area contributed by atoms with Crippen LogP contribution in [0.25, 0.3) is 33.4 Å². The fourth-order valence-electron chi connectivity index (χ4n) is 11.1. The molecule has 0 aromatic heterocycles. The first-order chi connectivity index (χ1) is 27.3. The van der Waals surface area contributed by atoms with Crippen molar-refractivity contribution in [2.45, 2.75) is 50.4 Å². The molecule has 0 N–H and O–H groups in total. The van der Waals surface area contributed by atoms with Crippen molar-refractivity contribution in [3.63, 3.8) is 0 Å². The van der Waals surface area contributed by atoms with Gasteiger partial charge in [0.05, 0.1) is 11.1 Å². The van der Waals surface area contributed by atoms with Crippen LogP contribution in [0.3, 0.4) is 0 Å². The maximum atomic E-state index is 2.58. The Morgan fingerprint density at radius 3 is 1.55 bits per heavy atom. The number of hydrogen-bond donors (Lipinski definition) is 0. The van der Waals surface area contributed by atoms with Crippen LogP contribution in [0.2, 0.25) is 0 Å². The summed E-state index contributed by atoms with van der Waals surface area (Å²) in [6, 6.07) is 60.0. The van der Waals surface area contributed by atoms with Gasteiger partial charge in [-0.05, 0) is 109 Å². The molecule has 1 nitrogen and oxygen atoms in total. The number of rotatable bonds is 5. The SMILES string of the molecule is CC1(C)c2ccccc2-c2ccc(N(c3ccc4c(c3)C(C)(C)c3ccccc3-4)c3cccc4c3-c3ccccc3C4(c3ccccc3)C3C=CC=CC3)cc21. The monoisotopic (exact) mass is 719 g/mol. The van der Waals surface area contributed by atoms with Gasteiger partial charge in [-0.25, -0.2) is 0 Å². The van der Waals surface area contributed by atoms with Gasteiger partial charge in [-0.1, -0.05) is 179 Å². The second-order valence-corrected chi connectivity index (χ2v) is 17.2. The minimum Gasteiger partial charge on any atom is -0.310 e. The van der Waals surface area contributed by atoms with Gasteiger partial charge < -0.3 is 4.90 Å². The molecule has 0 spiro atoms. The van der Waals surface area contributed by atoms with Gasteiger partial charge in [0, 0.05) is 27.8 Å². The van der Waals surface area contributed by atoms with Crippen molar-refractivity contribution in [3.05, 3.63) is 221 Å². The molecular formula is C55H45N. The lowest BCUT2D eigenvalue weighted by molar-refractivity contribution is 0.457. The Morgan fingerprint density at radius 1 is 0.446 bits per heavy atom. The molecule has 1 heteroatoms. The molecule has 0 fully saturated rings. The highest BCUT2D eigenvalue weighted by atomic mass is 15.1. The van der Waals surface area contributed by atoms with Crippen LogP contribution >= 0.6 is 0 Å². The molecule has 270 valence electrons. The van der Waals surface area contributed by atoms with E-state index in [9.17, 15) is 0 Å². The first kappa shape index (κ1) is 33.2. The van der Waals surface area contributed by atoms with Gasteiger partial charge >= 0.3 is 0 Å². The van der Waals surface area contributed by atoms with E-state index in [1.807, 2.05) is 0 Å². The molecule has 4 aliphatic carbocycles.